The van der Waals surface area contributed by atoms with Crippen molar-refractivity contribution >= 4 is 52.6 Å². The molecule has 1 aromatic rings. The van der Waals surface area contributed by atoms with Gasteiger partial charge in [-0.25, -0.2) is 23.8 Å². The number of ether oxygens (including phenoxy) is 4. The van der Waals surface area contributed by atoms with E-state index in [9.17, 15) is 9.59 Å². The van der Waals surface area contributed by atoms with Gasteiger partial charge >= 0.3 is 12.1 Å². The Labute approximate surface area is 247 Å². The highest BCUT2D eigenvalue weighted by Crippen LogP contribution is 2.31. The summed E-state index contributed by atoms with van der Waals surface area (Å²) in [7, 11) is 5.84. The van der Waals surface area contributed by atoms with E-state index in [-0.39, 0.29) is 68.3 Å². The number of rotatable bonds is 8. The summed E-state index contributed by atoms with van der Waals surface area (Å²) < 4.78 is 50.6. The van der Waals surface area contributed by atoms with Gasteiger partial charge in [-0.3, -0.25) is 14.9 Å². The molecule has 2 saturated heterocycles. The lowest BCUT2D eigenvalue weighted by atomic mass is 10.2. The predicted molar refractivity (Wildman–Crippen MR) is 156 cm³/mol. The Kier molecular flexibility index (Phi) is 12.0. The Morgan fingerprint density at radius 1 is 1.19 bits per heavy atom. The van der Waals surface area contributed by atoms with Gasteiger partial charge in [-0.15, -0.1) is 0 Å². The van der Waals surface area contributed by atoms with Crippen LogP contribution in [0.2, 0.25) is 0 Å². The topological polar surface area (TPSA) is 142 Å². The van der Waals surface area contributed by atoms with Crippen LogP contribution in [0.4, 0.5) is 29.7 Å². The van der Waals surface area contributed by atoms with E-state index >= 15 is 8.78 Å². The largest absolute Gasteiger partial charge is 0.504 e. The number of anilines is 2. The number of carbonyl (C=O) groups is 2. The molecular formula is C25H34F2N8O6S. The van der Waals surface area contributed by atoms with Crippen LogP contribution >= 0.6 is 12.2 Å². The van der Waals surface area contributed by atoms with Crippen molar-refractivity contribution in [1.29, 1.82) is 0 Å². The molecule has 14 nitrogen and oxygen atoms in total. The maximum Gasteiger partial charge on any atom is 0.414 e. The number of aliphatic imine (C=N–C) groups is 2. The minimum atomic E-state index is -0.851. The molecule has 0 aliphatic carbocycles. The number of hydrogen-bond donors (Lipinski definition) is 3. The van der Waals surface area contributed by atoms with Gasteiger partial charge in [0, 0.05) is 44.9 Å². The number of nitrogens with zero attached hydrogens (tertiary/aromatic N) is 5. The van der Waals surface area contributed by atoms with Gasteiger partial charge in [0.2, 0.25) is 5.90 Å². The van der Waals surface area contributed by atoms with Crippen LogP contribution in [0.1, 0.15) is 0 Å². The second-order valence-corrected chi connectivity index (χ2v) is 9.16. The molecule has 0 unspecified atom stereocenters. The molecule has 3 amide bonds. The zero-order chi connectivity index (χ0) is 30.6. The van der Waals surface area contributed by atoms with Gasteiger partial charge in [0.1, 0.15) is 17.6 Å². The summed E-state index contributed by atoms with van der Waals surface area (Å²) in [4.78, 5) is 36.0. The average Bonchev–Trinajstić information content (AvgIpc) is 3.18. The first-order chi connectivity index (χ1) is 20.2. The van der Waals surface area contributed by atoms with Crippen molar-refractivity contribution in [1.82, 2.24) is 21.1 Å². The van der Waals surface area contributed by atoms with Gasteiger partial charge in [-0.2, -0.15) is 4.99 Å². The molecule has 1 aromatic carbocycles. The molecule has 0 aromatic heterocycles. The van der Waals surface area contributed by atoms with Crippen molar-refractivity contribution in [2.45, 2.75) is 6.10 Å². The third kappa shape index (κ3) is 8.62. The van der Waals surface area contributed by atoms with Crippen LogP contribution in [-0.2, 0) is 18.9 Å². The molecule has 2 aliphatic rings. The zero-order valence-electron chi connectivity index (χ0n) is 23.7. The average molecular weight is 613 g/mol. The van der Waals surface area contributed by atoms with Gasteiger partial charge in [-0.05, 0) is 12.2 Å². The fourth-order valence-corrected chi connectivity index (χ4v) is 4.15. The quantitative estimate of drug-likeness (QED) is 0.171. The molecule has 0 spiro atoms. The molecule has 0 bridgehead atoms. The molecule has 17 heteroatoms. The monoisotopic (exact) mass is 612 g/mol. The van der Waals surface area contributed by atoms with E-state index in [1.165, 1.54) is 50.6 Å². The van der Waals surface area contributed by atoms with Crippen molar-refractivity contribution in [2.24, 2.45) is 9.98 Å². The first-order valence-corrected chi connectivity index (χ1v) is 13.2. The number of hydrazine groups is 1. The van der Waals surface area contributed by atoms with E-state index in [2.05, 4.69) is 26.0 Å². The number of thiocarbonyl (C=S) groups is 1. The van der Waals surface area contributed by atoms with Crippen LogP contribution in [0.5, 0.6) is 0 Å². The molecule has 1 atom stereocenters. The van der Waals surface area contributed by atoms with Gasteiger partial charge in [-0.1, -0.05) is 0 Å². The van der Waals surface area contributed by atoms with Crippen LogP contribution in [0.15, 0.2) is 34.5 Å². The number of amides is 3. The first-order valence-electron chi connectivity index (χ1n) is 12.8. The number of nitrogens with one attached hydrogen (secondary N) is 3. The number of amidine groups is 1. The third-order valence-corrected chi connectivity index (χ3v) is 6.45. The first kappa shape index (κ1) is 32.3. The number of benzene rings is 1. The number of halogens is 2. The molecule has 2 aliphatic heterocycles. The summed E-state index contributed by atoms with van der Waals surface area (Å²) in [6, 6.07) is 1.69. The van der Waals surface area contributed by atoms with Crippen LogP contribution < -0.4 is 25.9 Å². The minimum Gasteiger partial charge on any atom is -0.504 e. The van der Waals surface area contributed by atoms with E-state index in [0.29, 0.717) is 5.84 Å². The zero-order valence-corrected chi connectivity index (χ0v) is 24.5. The molecule has 2 heterocycles. The van der Waals surface area contributed by atoms with Crippen molar-refractivity contribution in [3.05, 3.63) is 36.1 Å². The molecule has 2 fully saturated rings. The number of methoxy groups -OCH3 is 3. The Hall–Kier alpha value is -4.25. The van der Waals surface area contributed by atoms with Gasteiger partial charge in [0.15, 0.2) is 11.6 Å². The van der Waals surface area contributed by atoms with Gasteiger partial charge in [0.25, 0.3) is 5.17 Å². The van der Waals surface area contributed by atoms with E-state index < -0.39 is 29.9 Å². The minimum absolute atomic E-state index is 0.00451. The maximum absolute atomic E-state index is 15.3. The smallest absolute Gasteiger partial charge is 0.414 e. The summed E-state index contributed by atoms with van der Waals surface area (Å²) in [5.74, 6) is -1.17. The maximum atomic E-state index is 15.3. The fourth-order valence-electron chi connectivity index (χ4n) is 4.07. The molecule has 3 N–H and O–H groups in total. The van der Waals surface area contributed by atoms with Crippen LogP contribution in [0.25, 0.3) is 0 Å². The van der Waals surface area contributed by atoms with E-state index in [1.807, 2.05) is 0 Å². The summed E-state index contributed by atoms with van der Waals surface area (Å²) in [5.41, 5.74) is 2.71. The highest BCUT2D eigenvalue weighted by Gasteiger charge is 2.34. The van der Waals surface area contributed by atoms with E-state index in [0.717, 1.165) is 17.0 Å². The summed E-state index contributed by atoms with van der Waals surface area (Å²) in [6.07, 6.45) is 1.56. The lowest BCUT2D eigenvalue weighted by Crippen LogP contribution is -2.49. The summed E-state index contributed by atoms with van der Waals surface area (Å²) in [6.45, 7) is 0.950. The van der Waals surface area contributed by atoms with Crippen LogP contribution in [-0.4, -0.2) is 114 Å². The number of urea groups is 1. The fraction of sp³-hybridized carbons (Fsp3) is 0.480. The normalized spacial score (nSPS) is 18.1. The van der Waals surface area contributed by atoms with Crippen molar-refractivity contribution in [3.8, 4) is 0 Å². The summed E-state index contributed by atoms with van der Waals surface area (Å²) in [5, 5.41) is 6.93. The Balaban J connectivity index is 1.60. The number of carbonyl (C=O) groups excluding carboxylic acids is 2. The lowest BCUT2D eigenvalue weighted by molar-refractivity contribution is 0.142. The van der Waals surface area contributed by atoms with Crippen LogP contribution in [0.3, 0.4) is 0 Å². The third-order valence-electron chi connectivity index (χ3n) is 6.14. The van der Waals surface area contributed by atoms with Crippen LogP contribution in [0, 0.1) is 11.6 Å². The van der Waals surface area contributed by atoms with Gasteiger partial charge < -0.3 is 34.5 Å². The Morgan fingerprint density at radius 3 is 2.57 bits per heavy atom. The molecule has 42 heavy (non-hydrogen) atoms. The van der Waals surface area contributed by atoms with E-state index in [1.54, 1.807) is 0 Å². The SMILES string of the molecule is C\N=C(CNC(=O)N1CCN(c2c(F)cc(N3C[C@H](CNC(=S)OC)OC3=O)cc2F)CCN1)/N=C(\C=C\OC)OC. The lowest BCUT2D eigenvalue weighted by Gasteiger charge is -2.25. The van der Waals surface area contributed by atoms with Gasteiger partial charge in [0.05, 0.1) is 59.5 Å². The molecule has 0 radical (unpaired) electrons. The van der Waals surface area contributed by atoms with Crippen molar-refractivity contribution in [2.75, 3.05) is 84.0 Å². The molecule has 3 rings (SSSR count). The van der Waals surface area contributed by atoms with Crippen molar-refractivity contribution < 1.29 is 37.3 Å². The predicted octanol–water partition coefficient (Wildman–Crippen LogP) is 1.38. The Morgan fingerprint density at radius 2 is 1.93 bits per heavy atom. The molecular weight excluding hydrogens is 578 g/mol. The highest BCUT2D eigenvalue weighted by atomic mass is 32.1. The molecule has 230 valence electrons. The molecule has 0 saturated carbocycles. The standard InChI is InChI=1S/C25H34F2N8O6S/c1-28-20(32-21(39-3)5-10-38-2)14-29-23(36)35-9-8-33(7-6-31-35)22-18(26)11-16(12-19(22)27)34-15-17(41-25(34)37)13-30-24(42)40-4/h5,10-12,17,31H,6-9,13-15H2,1-4H3,(H,29,36)(H,30,42)/b10-5+,28-20-,32-21+/t17-/m0/s1. The second-order valence-electron chi connectivity index (χ2n) is 8.78. The number of cyclic esters (lactones) is 1. The number of hydrogen-bond acceptors (Lipinski definition) is 10. The summed E-state index contributed by atoms with van der Waals surface area (Å²) >= 11 is 4.90. The second kappa shape index (κ2) is 15.7. The Bertz CT molecular complexity index is 1210. The van der Waals surface area contributed by atoms with E-state index in [4.69, 9.17) is 31.2 Å². The van der Waals surface area contributed by atoms with Crippen molar-refractivity contribution in [3.63, 3.8) is 0 Å². The highest BCUT2D eigenvalue weighted by molar-refractivity contribution is 7.80.